The quantitative estimate of drug-likeness (QED) is 0.0262. The van der Waals surface area contributed by atoms with Gasteiger partial charge in [-0.1, -0.05) is 225 Å². The largest absolute Gasteiger partial charge is 0.462 e. The highest BCUT2D eigenvalue weighted by atomic mass is 16.6. The third kappa shape index (κ3) is 54.5. The zero-order valence-corrected chi connectivity index (χ0v) is 45.0. The molecular weight excluding hydrogens is 865 g/mol. The zero-order chi connectivity index (χ0) is 50.7. The molecule has 0 spiro atoms. The molecule has 0 rings (SSSR count). The molecule has 6 nitrogen and oxygen atoms in total. The van der Waals surface area contributed by atoms with Gasteiger partial charge in [-0.05, 0) is 122 Å². The highest BCUT2D eigenvalue weighted by Gasteiger charge is 2.19. The summed E-state index contributed by atoms with van der Waals surface area (Å²) in [6, 6.07) is 0. The molecule has 0 aliphatic carbocycles. The molecule has 1 unspecified atom stereocenters. The van der Waals surface area contributed by atoms with Crippen LogP contribution in [0.4, 0.5) is 0 Å². The smallest absolute Gasteiger partial charge is 0.306 e. The van der Waals surface area contributed by atoms with Crippen LogP contribution in [0.3, 0.4) is 0 Å². The van der Waals surface area contributed by atoms with E-state index in [9.17, 15) is 14.4 Å². The Morgan fingerprint density at radius 2 is 0.557 bits per heavy atom. The topological polar surface area (TPSA) is 78.9 Å². The Hall–Kier alpha value is -4.45. The first-order valence-corrected chi connectivity index (χ1v) is 28.2. The molecule has 0 aromatic rings. The maximum atomic E-state index is 12.7. The summed E-state index contributed by atoms with van der Waals surface area (Å²) >= 11 is 0. The predicted molar refractivity (Wildman–Crippen MR) is 302 cm³/mol. The van der Waals surface area contributed by atoms with E-state index in [1.54, 1.807) is 0 Å². The first kappa shape index (κ1) is 65.5. The van der Waals surface area contributed by atoms with E-state index in [-0.39, 0.29) is 31.1 Å². The van der Waals surface area contributed by atoms with Crippen molar-refractivity contribution in [3.63, 3.8) is 0 Å². The van der Waals surface area contributed by atoms with Crippen molar-refractivity contribution in [1.82, 2.24) is 0 Å². The third-order valence-corrected chi connectivity index (χ3v) is 11.4. The fourth-order valence-electron chi connectivity index (χ4n) is 7.17. The van der Waals surface area contributed by atoms with Crippen molar-refractivity contribution in [3.8, 4) is 0 Å². The van der Waals surface area contributed by atoms with Gasteiger partial charge in [0, 0.05) is 19.3 Å². The van der Waals surface area contributed by atoms with Crippen molar-refractivity contribution in [2.75, 3.05) is 13.2 Å². The van der Waals surface area contributed by atoms with Gasteiger partial charge in [0.1, 0.15) is 13.2 Å². The molecule has 0 aromatic carbocycles. The highest BCUT2D eigenvalue weighted by molar-refractivity contribution is 5.71. The lowest BCUT2D eigenvalue weighted by atomic mass is 10.1. The predicted octanol–water partition coefficient (Wildman–Crippen LogP) is 19.0. The van der Waals surface area contributed by atoms with Gasteiger partial charge in [0.25, 0.3) is 0 Å². The van der Waals surface area contributed by atoms with Gasteiger partial charge in [0.2, 0.25) is 0 Å². The van der Waals surface area contributed by atoms with Crippen molar-refractivity contribution in [2.24, 2.45) is 0 Å². The summed E-state index contributed by atoms with van der Waals surface area (Å²) in [5.74, 6) is -0.968. The lowest BCUT2D eigenvalue weighted by Crippen LogP contribution is -2.30. The van der Waals surface area contributed by atoms with Crippen LogP contribution in [-0.4, -0.2) is 37.2 Å². The summed E-state index contributed by atoms with van der Waals surface area (Å²) in [6.45, 7) is 6.36. The van der Waals surface area contributed by atoms with Crippen LogP contribution in [0.5, 0.6) is 0 Å². The third-order valence-electron chi connectivity index (χ3n) is 11.4. The van der Waals surface area contributed by atoms with E-state index in [2.05, 4.69) is 154 Å². The summed E-state index contributed by atoms with van der Waals surface area (Å²) < 4.78 is 16.6. The maximum Gasteiger partial charge on any atom is 0.306 e. The second kappa shape index (κ2) is 57.1. The Morgan fingerprint density at radius 3 is 0.900 bits per heavy atom. The average Bonchev–Trinajstić information content (AvgIpc) is 3.36. The van der Waals surface area contributed by atoms with Crippen LogP contribution in [-0.2, 0) is 28.6 Å². The van der Waals surface area contributed by atoms with Crippen molar-refractivity contribution >= 4 is 17.9 Å². The summed E-state index contributed by atoms with van der Waals surface area (Å²) in [7, 11) is 0. The Kier molecular flexibility index (Phi) is 53.5. The fourth-order valence-corrected chi connectivity index (χ4v) is 7.17. The van der Waals surface area contributed by atoms with Crippen molar-refractivity contribution < 1.29 is 28.6 Å². The second-order valence-electron chi connectivity index (χ2n) is 18.1. The normalized spacial score (nSPS) is 13.1. The Balaban J connectivity index is 4.21. The number of carbonyl (C=O) groups excluding carboxylic acids is 3. The van der Waals surface area contributed by atoms with E-state index < -0.39 is 6.10 Å². The van der Waals surface area contributed by atoms with E-state index in [0.717, 1.165) is 161 Å². The minimum Gasteiger partial charge on any atom is -0.462 e. The molecule has 394 valence electrons. The molecule has 0 radical (unpaired) electrons. The minimum absolute atomic E-state index is 0.0988. The molecule has 6 heteroatoms. The van der Waals surface area contributed by atoms with Gasteiger partial charge in [-0.3, -0.25) is 14.4 Å². The van der Waals surface area contributed by atoms with Crippen LogP contribution in [0.2, 0.25) is 0 Å². The molecule has 0 aliphatic rings. The molecule has 0 aliphatic heterocycles. The Bertz CT molecular complexity index is 1530. The molecule has 0 heterocycles. The molecule has 0 amide bonds. The maximum absolute atomic E-state index is 12.7. The standard InChI is InChI=1S/C64H102O6/c1-4-7-10-13-15-17-19-21-23-25-26-27-28-29-30-31-32-33-34-35-36-37-38-39-41-42-44-46-48-51-54-57-63(66)69-60-61(59-68-62(65)56-53-50-12-9-6-3)70-64(67)58-55-52-49-47-45-43-40-24-22-20-18-16-14-11-8-5-2/h7,10,15,17-18,20-21,23-24,26-27,29-30,32-33,35-36,38-40,42,44,61H,4-6,8-9,11-14,16,19,22,25,28,31,34,37,41,43,45-60H2,1-3H3/b10-7-,17-15-,20-18-,23-21-,27-26-,30-29-,33-32-,36-35-,39-38-,40-24-,44-42-. The molecule has 0 saturated heterocycles. The lowest BCUT2D eigenvalue weighted by molar-refractivity contribution is -0.167. The first-order chi connectivity index (χ1) is 34.5. The number of rotatable bonds is 49. The molecular formula is C64H102O6. The minimum atomic E-state index is -0.799. The number of esters is 3. The van der Waals surface area contributed by atoms with Gasteiger partial charge in [-0.2, -0.15) is 0 Å². The van der Waals surface area contributed by atoms with Gasteiger partial charge in [0.15, 0.2) is 6.10 Å². The Labute approximate surface area is 430 Å². The second-order valence-corrected chi connectivity index (χ2v) is 18.1. The number of hydrogen-bond donors (Lipinski definition) is 0. The van der Waals surface area contributed by atoms with E-state index in [0.29, 0.717) is 19.3 Å². The van der Waals surface area contributed by atoms with Gasteiger partial charge in [0.05, 0.1) is 0 Å². The molecule has 0 N–H and O–H groups in total. The SMILES string of the molecule is CC/C=C\C/C=C\C/C=C\C/C=C\C/C=C\C/C=C\C/C=C\C/C=C\C/C=C\CCCCCC(=O)OCC(COC(=O)CCCCCCC)OC(=O)CCCCCCC/C=C\C/C=C\CCCCCC. The van der Waals surface area contributed by atoms with E-state index in [1.807, 2.05) is 0 Å². The van der Waals surface area contributed by atoms with E-state index >= 15 is 0 Å². The van der Waals surface area contributed by atoms with Crippen LogP contribution in [0.25, 0.3) is 0 Å². The van der Waals surface area contributed by atoms with Crippen molar-refractivity contribution in [1.29, 1.82) is 0 Å². The van der Waals surface area contributed by atoms with Crippen LogP contribution in [0.1, 0.15) is 233 Å². The van der Waals surface area contributed by atoms with Crippen LogP contribution >= 0.6 is 0 Å². The average molecular weight is 968 g/mol. The molecule has 1 atom stereocenters. The highest BCUT2D eigenvalue weighted by Crippen LogP contribution is 2.12. The van der Waals surface area contributed by atoms with Gasteiger partial charge < -0.3 is 14.2 Å². The van der Waals surface area contributed by atoms with Gasteiger partial charge >= 0.3 is 17.9 Å². The van der Waals surface area contributed by atoms with Crippen LogP contribution in [0, 0.1) is 0 Å². The number of hydrogen-bond acceptors (Lipinski definition) is 6. The summed E-state index contributed by atoms with van der Waals surface area (Å²) in [4.78, 5) is 37.7. The summed E-state index contributed by atoms with van der Waals surface area (Å²) in [6.07, 6.45) is 80.6. The van der Waals surface area contributed by atoms with Gasteiger partial charge in [-0.15, -0.1) is 0 Å². The van der Waals surface area contributed by atoms with E-state index in [1.165, 1.54) is 32.1 Å². The molecule has 0 saturated carbocycles. The number of carbonyl (C=O) groups is 3. The van der Waals surface area contributed by atoms with Crippen LogP contribution < -0.4 is 0 Å². The van der Waals surface area contributed by atoms with Crippen molar-refractivity contribution in [2.45, 2.75) is 239 Å². The first-order valence-electron chi connectivity index (χ1n) is 28.2. The fraction of sp³-hybridized carbons (Fsp3) is 0.609. The van der Waals surface area contributed by atoms with Gasteiger partial charge in [-0.25, -0.2) is 0 Å². The molecule has 0 fully saturated rings. The lowest BCUT2D eigenvalue weighted by Gasteiger charge is -2.18. The molecule has 0 bridgehead atoms. The monoisotopic (exact) mass is 967 g/mol. The van der Waals surface area contributed by atoms with Crippen LogP contribution in [0.15, 0.2) is 134 Å². The number of unbranched alkanes of at least 4 members (excludes halogenated alkanes) is 16. The van der Waals surface area contributed by atoms with Crippen molar-refractivity contribution in [3.05, 3.63) is 134 Å². The summed E-state index contributed by atoms with van der Waals surface area (Å²) in [5, 5.41) is 0. The molecule has 70 heavy (non-hydrogen) atoms. The van der Waals surface area contributed by atoms with E-state index in [4.69, 9.17) is 14.2 Å². The zero-order valence-electron chi connectivity index (χ0n) is 45.0. The number of ether oxygens (including phenoxy) is 3. The Morgan fingerprint density at radius 1 is 0.300 bits per heavy atom. The molecule has 0 aromatic heterocycles. The summed E-state index contributed by atoms with van der Waals surface area (Å²) in [5.41, 5.74) is 0. The number of allylic oxidation sites excluding steroid dienone is 22.